The van der Waals surface area contributed by atoms with E-state index in [1.54, 1.807) is 31.6 Å². The highest BCUT2D eigenvalue weighted by atomic mass is 16.5. The molecule has 1 rings (SSSR count). The normalized spacial score (nSPS) is 8.90. The van der Waals surface area contributed by atoms with E-state index in [0.29, 0.717) is 0 Å². The number of pyridine rings is 1. The molecular weight excluding hydrogens is 126 g/mol. The molecule has 0 atom stereocenters. The summed E-state index contributed by atoms with van der Waals surface area (Å²) < 4.78 is 5.02. The van der Waals surface area contributed by atoms with Crippen LogP contribution in [0.15, 0.2) is 25.0 Å². The van der Waals surface area contributed by atoms with Crippen LogP contribution in [0.3, 0.4) is 0 Å². The van der Waals surface area contributed by atoms with Crippen molar-refractivity contribution in [1.82, 2.24) is 4.98 Å². The van der Waals surface area contributed by atoms with Gasteiger partial charge >= 0.3 is 0 Å². The van der Waals surface area contributed by atoms with E-state index in [-0.39, 0.29) is 0 Å². The molecule has 0 radical (unpaired) electrons. The molecule has 0 aliphatic carbocycles. The first kappa shape index (κ1) is 6.81. The summed E-state index contributed by atoms with van der Waals surface area (Å²) in [6, 6.07) is 1.80. The number of rotatable bonds is 2. The fourth-order valence-electron chi connectivity index (χ4n) is 0.733. The Bertz CT molecular complexity index is 232. The number of hydrogen-bond donors (Lipinski definition) is 0. The van der Waals surface area contributed by atoms with Crippen molar-refractivity contribution in [3.05, 3.63) is 30.6 Å². The molecule has 0 amide bonds. The molecule has 0 unspecified atom stereocenters. The molecule has 0 aliphatic rings. The summed E-state index contributed by atoms with van der Waals surface area (Å²) in [4.78, 5) is 3.91. The van der Waals surface area contributed by atoms with Crippen LogP contribution in [0.25, 0.3) is 6.08 Å². The van der Waals surface area contributed by atoms with Crippen LogP contribution in [-0.2, 0) is 0 Å². The van der Waals surface area contributed by atoms with E-state index in [2.05, 4.69) is 11.6 Å². The summed E-state index contributed by atoms with van der Waals surface area (Å²) >= 11 is 0. The van der Waals surface area contributed by atoms with E-state index in [9.17, 15) is 0 Å². The molecule has 0 aromatic carbocycles. The Morgan fingerprint density at radius 3 is 3.00 bits per heavy atom. The Morgan fingerprint density at radius 2 is 2.50 bits per heavy atom. The second kappa shape index (κ2) is 3.01. The SMILES string of the molecule is C=Cc1cnccc1OC. The highest BCUT2D eigenvalue weighted by Gasteiger charge is 1.94. The Kier molecular flexibility index (Phi) is 2.05. The maximum absolute atomic E-state index is 5.02. The zero-order valence-corrected chi connectivity index (χ0v) is 5.87. The zero-order chi connectivity index (χ0) is 7.40. The highest BCUT2D eigenvalue weighted by Crippen LogP contribution is 2.15. The molecule has 0 saturated heterocycles. The molecule has 2 heteroatoms. The smallest absolute Gasteiger partial charge is 0.129 e. The summed E-state index contributed by atoms with van der Waals surface area (Å²) in [7, 11) is 1.63. The van der Waals surface area contributed by atoms with Crippen LogP contribution < -0.4 is 4.74 Å². The van der Waals surface area contributed by atoms with E-state index in [1.807, 2.05) is 0 Å². The number of hydrogen-bond acceptors (Lipinski definition) is 2. The largest absolute Gasteiger partial charge is 0.496 e. The molecule has 52 valence electrons. The molecule has 0 saturated carbocycles. The highest BCUT2D eigenvalue weighted by molar-refractivity contribution is 5.53. The van der Waals surface area contributed by atoms with Crippen LogP contribution in [0, 0.1) is 0 Å². The Morgan fingerprint density at radius 1 is 1.70 bits per heavy atom. The second-order valence-corrected chi connectivity index (χ2v) is 1.82. The van der Waals surface area contributed by atoms with E-state index >= 15 is 0 Å². The molecular formula is C8H9NO. The summed E-state index contributed by atoms with van der Waals surface area (Å²) in [6.45, 7) is 3.62. The Labute approximate surface area is 60.2 Å². The lowest BCUT2D eigenvalue weighted by Crippen LogP contribution is -1.86. The summed E-state index contributed by atoms with van der Waals surface area (Å²) in [5, 5.41) is 0. The van der Waals surface area contributed by atoms with Gasteiger partial charge in [0.2, 0.25) is 0 Å². The van der Waals surface area contributed by atoms with Crippen molar-refractivity contribution in [2.45, 2.75) is 0 Å². The van der Waals surface area contributed by atoms with Gasteiger partial charge in [-0.2, -0.15) is 0 Å². The average molecular weight is 135 g/mol. The van der Waals surface area contributed by atoms with Crippen molar-refractivity contribution in [2.75, 3.05) is 7.11 Å². The third-order valence-corrected chi connectivity index (χ3v) is 1.25. The Balaban J connectivity index is 3.08. The topological polar surface area (TPSA) is 22.1 Å². The monoisotopic (exact) mass is 135 g/mol. The van der Waals surface area contributed by atoms with Gasteiger partial charge in [0.1, 0.15) is 5.75 Å². The zero-order valence-electron chi connectivity index (χ0n) is 5.87. The fourth-order valence-corrected chi connectivity index (χ4v) is 0.733. The molecule has 0 N–H and O–H groups in total. The number of aromatic nitrogens is 1. The molecule has 10 heavy (non-hydrogen) atoms. The van der Waals surface area contributed by atoms with Crippen LogP contribution in [0.2, 0.25) is 0 Å². The van der Waals surface area contributed by atoms with E-state index in [4.69, 9.17) is 4.74 Å². The van der Waals surface area contributed by atoms with Gasteiger partial charge in [0, 0.05) is 18.0 Å². The second-order valence-electron chi connectivity index (χ2n) is 1.82. The minimum absolute atomic E-state index is 0.810. The van der Waals surface area contributed by atoms with Gasteiger partial charge in [0.25, 0.3) is 0 Å². The minimum Gasteiger partial charge on any atom is -0.496 e. The van der Waals surface area contributed by atoms with E-state index in [0.717, 1.165) is 11.3 Å². The van der Waals surface area contributed by atoms with Crippen molar-refractivity contribution in [1.29, 1.82) is 0 Å². The van der Waals surface area contributed by atoms with Crippen LogP contribution in [0.5, 0.6) is 5.75 Å². The maximum Gasteiger partial charge on any atom is 0.129 e. The van der Waals surface area contributed by atoms with Crippen LogP contribution in [0.1, 0.15) is 5.56 Å². The summed E-state index contributed by atoms with van der Waals surface area (Å²) in [5.74, 6) is 0.810. The van der Waals surface area contributed by atoms with Gasteiger partial charge < -0.3 is 4.74 Å². The first-order chi connectivity index (χ1) is 4.88. The number of ether oxygens (including phenoxy) is 1. The van der Waals surface area contributed by atoms with Crippen LogP contribution >= 0.6 is 0 Å². The molecule has 1 heterocycles. The van der Waals surface area contributed by atoms with Crippen molar-refractivity contribution >= 4 is 6.08 Å². The first-order valence-corrected chi connectivity index (χ1v) is 2.99. The summed E-state index contributed by atoms with van der Waals surface area (Å²) in [5.41, 5.74) is 0.921. The van der Waals surface area contributed by atoms with Crippen LogP contribution in [0.4, 0.5) is 0 Å². The first-order valence-electron chi connectivity index (χ1n) is 2.99. The number of nitrogens with zero attached hydrogens (tertiary/aromatic N) is 1. The standard InChI is InChI=1S/C8H9NO/c1-3-7-6-9-5-4-8(7)10-2/h3-6H,1H2,2H3. The van der Waals surface area contributed by atoms with Gasteiger partial charge in [-0.05, 0) is 6.07 Å². The molecule has 0 fully saturated rings. The maximum atomic E-state index is 5.02. The predicted octanol–water partition coefficient (Wildman–Crippen LogP) is 1.73. The molecule has 1 aromatic heterocycles. The van der Waals surface area contributed by atoms with Gasteiger partial charge in [-0.25, -0.2) is 0 Å². The van der Waals surface area contributed by atoms with Gasteiger partial charge in [-0.1, -0.05) is 12.7 Å². The molecule has 0 spiro atoms. The van der Waals surface area contributed by atoms with Crippen molar-refractivity contribution in [3.63, 3.8) is 0 Å². The molecule has 0 bridgehead atoms. The number of methoxy groups -OCH3 is 1. The van der Waals surface area contributed by atoms with Gasteiger partial charge in [-0.3, -0.25) is 4.98 Å². The molecule has 1 aromatic rings. The van der Waals surface area contributed by atoms with Crippen molar-refractivity contribution in [2.24, 2.45) is 0 Å². The van der Waals surface area contributed by atoms with Gasteiger partial charge in [0.05, 0.1) is 7.11 Å². The lowest BCUT2D eigenvalue weighted by molar-refractivity contribution is 0.413. The average Bonchev–Trinajstić information content (AvgIpc) is 2.04. The molecule has 0 aliphatic heterocycles. The molecule has 2 nitrogen and oxygen atoms in total. The Hall–Kier alpha value is -1.31. The quantitative estimate of drug-likeness (QED) is 0.616. The van der Waals surface area contributed by atoms with E-state index < -0.39 is 0 Å². The fraction of sp³-hybridized carbons (Fsp3) is 0.125. The van der Waals surface area contributed by atoms with Crippen molar-refractivity contribution < 1.29 is 4.74 Å². The van der Waals surface area contributed by atoms with Gasteiger partial charge in [0.15, 0.2) is 0 Å². The third-order valence-electron chi connectivity index (χ3n) is 1.25. The minimum atomic E-state index is 0.810. The lowest BCUT2D eigenvalue weighted by Gasteiger charge is -2.00. The van der Waals surface area contributed by atoms with Crippen LogP contribution in [-0.4, -0.2) is 12.1 Å². The third kappa shape index (κ3) is 1.16. The van der Waals surface area contributed by atoms with Gasteiger partial charge in [-0.15, -0.1) is 0 Å². The predicted molar refractivity (Wildman–Crippen MR) is 40.9 cm³/mol. The lowest BCUT2D eigenvalue weighted by atomic mass is 10.2. The van der Waals surface area contributed by atoms with E-state index in [1.165, 1.54) is 0 Å². The summed E-state index contributed by atoms with van der Waals surface area (Å²) in [6.07, 6.45) is 5.11. The van der Waals surface area contributed by atoms with Crippen molar-refractivity contribution in [3.8, 4) is 5.75 Å².